The van der Waals surface area contributed by atoms with Crippen molar-refractivity contribution in [3.8, 4) is 0 Å². The quantitative estimate of drug-likeness (QED) is 0.724. The molecule has 1 amide bonds. The summed E-state index contributed by atoms with van der Waals surface area (Å²) in [5.74, 6) is 0.111. The van der Waals surface area contributed by atoms with Crippen LogP contribution in [0.1, 0.15) is 71.0 Å². The van der Waals surface area contributed by atoms with E-state index in [4.69, 9.17) is 9.63 Å². The molecule has 22 heavy (non-hydrogen) atoms. The van der Waals surface area contributed by atoms with Gasteiger partial charge in [-0.3, -0.25) is 9.59 Å². The van der Waals surface area contributed by atoms with Crippen molar-refractivity contribution in [1.82, 2.24) is 15.5 Å². The zero-order valence-electron chi connectivity index (χ0n) is 13.7. The summed E-state index contributed by atoms with van der Waals surface area (Å²) in [6.45, 7) is 7.67. The number of nitrogens with one attached hydrogen (secondary N) is 1. The number of carbonyl (C=O) groups is 2. The SMILES string of the molecule is CCC(CC)(CC(=O)O)NC(=O)CCc1nc(C(C)C)no1. The average Bonchev–Trinajstić information content (AvgIpc) is 2.93. The van der Waals surface area contributed by atoms with Crippen LogP contribution in [-0.2, 0) is 16.0 Å². The van der Waals surface area contributed by atoms with Crippen LogP contribution in [0.4, 0.5) is 0 Å². The summed E-state index contributed by atoms with van der Waals surface area (Å²) in [5.41, 5.74) is -0.694. The Morgan fingerprint density at radius 3 is 2.41 bits per heavy atom. The summed E-state index contributed by atoms with van der Waals surface area (Å²) in [7, 11) is 0. The third-order valence-corrected chi connectivity index (χ3v) is 3.81. The Morgan fingerprint density at radius 1 is 1.32 bits per heavy atom. The first kappa shape index (κ1) is 18.1. The molecule has 1 rings (SSSR count). The molecule has 0 aliphatic heterocycles. The molecule has 1 aromatic rings. The number of hydrogen-bond acceptors (Lipinski definition) is 5. The number of carboxylic acid groups (broad SMARTS) is 1. The van der Waals surface area contributed by atoms with Crippen molar-refractivity contribution in [2.75, 3.05) is 0 Å². The van der Waals surface area contributed by atoms with Crippen LogP contribution in [0.3, 0.4) is 0 Å². The van der Waals surface area contributed by atoms with Crippen molar-refractivity contribution in [3.63, 3.8) is 0 Å². The zero-order valence-corrected chi connectivity index (χ0v) is 13.7. The number of nitrogens with zero attached hydrogens (tertiary/aromatic N) is 2. The monoisotopic (exact) mass is 311 g/mol. The van der Waals surface area contributed by atoms with E-state index in [0.29, 0.717) is 31.0 Å². The molecule has 7 nitrogen and oxygen atoms in total. The number of carbonyl (C=O) groups excluding carboxylic acids is 1. The lowest BCUT2D eigenvalue weighted by Gasteiger charge is -2.31. The number of rotatable bonds is 9. The minimum atomic E-state index is -0.914. The van der Waals surface area contributed by atoms with Gasteiger partial charge in [-0.2, -0.15) is 4.98 Å². The number of aryl methyl sites for hydroxylation is 1. The van der Waals surface area contributed by atoms with Gasteiger partial charge in [0.2, 0.25) is 11.8 Å². The van der Waals surface area contributed by atoms with E-state index in [0.717, 1.165) is 0 Å². The average molecular weight is 311 g/mol. The second-order valence-electron chi connectivity index (χ2n) is 5.81. The first-order valence-electron chi connectivity index (χ1n) is 7.67. The first-order valence-corrected chi connectivity index (χ1v) is 7.67. The lowest BCUT2D eigenvalue weighted by Crippen LogP contribution is -2.49. The van der Waals surface area contributed by atoms with Gasteiger partial charge in [-0.15, -0.1) is 0 Å². The number of aromatic nitrogens is 2. The van der Waals surface area contributed by atoms with Crippen LogP contribution in [0.15, 0.2) is 4.52 Å². The zero-order chi connectivity index (χ0) is 16.8. The Hall–Kier alpha value is -1.92. The number of carboxylic acids is 1. The van der Waals surface area contributed by atoms with Gasteiger partial charge in [0.15, 0.2) is 5.82 Å². The van der Waals surface area contributed by atoms with Crippen molar-refractivity contribution in [1.29, 1.82) is 0 Å². The van der Waals surface area contributed by atoms with Crippen LogP contribution in [0, 0.1) is 0 Å². The molecule has 0 spiro atoms. The van der Waals surface area contributed by atoms with Crippen LogP contribution >= 0.6 is 0 Å². The molecule has 0 radical (unpaired) electrons. The third-order valence-electron chi connectivity index (χ3n) is 3.81. The Bertz CT molecular complexity index is 507. The van der Waals surface area contributed by atoms with E-state index in [1.165, 1.54) is 0 Å². The summed E-state index contributed by atoms with van der Waals surface area (Å²) in [6.07, 6.45) is 1.60. The Labute approximate surface area is 130 Å². The van der Waals surface area contributed by atoms with Crippen LogP contribution in [0.5, 0.6) is 0 Å². The van der Waals surface area contributed by atoms with Gasteiger partial charge in [0.05, 0.1) is 6.42 Å². The Balaban J connectivity index is 2.58. The topological polar surface area (TPSA) is 105 Å². The summed E-state index contributed by atoms with van der Waals surface area (Å²) in [5, 5.41) is 15.7. The van der Waals surface area contributed by atoms with Crippen molar-refractivity contribution in [2.45, 2.75) is 71.3 Å². The molecule has 124 valence electrons. The maximum Gasteiger partial charge on any atom is 0.305 e. The highest BCUT2D eigenvalue weighted by Gasteiger charge is 2.30. The van der Waals surface area contributed by atoms with Crippen LogP contribution in [0.25, 0.3) is 0 Å². The second-order valence-corrected chi connectivity index (χ2v) is 5.81. The molecule has 0 saturated heterocycles. The minimum Gasteiger partial charge on any atom is -0.481 e. The lowest BCUT2D eigenvalue weighted by atomic mass is 9.88. The summed E-state index contributed by atoms with van der Waals surface area (Å²) >= 11 is 0. The smallest absolute Gasteiger partial charge is 0.305 e. The third kappa shape index (κ3) is 5.13. The molecule has 7 heteroatoms. The Morgan fingerprint density at radius 2 is 1.95 bits per heavy atom. The number of amides is 1. The van der Waals surface area contributed by atoms with Crippen molar-refractivity contribution in [3.05, 3.63) is 11.7 Å². The van der Waals surface area contributed by atoms with E-state index < -0.39 is 11.5 Å². The molecular formula is C15H25N3O4. The molecule has 0 aliphatic carbocycles. The molecule has 0 aromatic carbocycles. The van der Waals surface area contributed by atoms with Crippen molar-refractivity contribution < 1.29 is 19.2 Å². The predicted molar refractivity (Wildman–Crippen MR) is 80.4 cm³/mol. The molecular weight excluding hydrogens is 286 g/mol. The highest BCUT2D eigenvalue weighted by molar-refractivity contribution is 5.78. The van der Waals surface area contributed by atoms with Crippen LogP contribution < -0.4 is 5.32 Å². The number of aliphatic carboxylic acids is 1. The van der Waals surface area contributed by atoms with E-state index in [1.807, 2.05) is 27.7 Å². The summed E-state index contributed by atoms with van der Waals surface area (Å²) < 4.78 is 5.09. The molecule has 0 atom stereocenters. The van der Waals surface area contributed by atoms with Gasteiger partial charge >= 0.3 is 5.97 Å². The van der Waals surface area contributed by atoms with Gasteiger partial charge < -0.3 is 14.9 Å². The van der Waals surface area contributed by atoms with Gasteiger partial charge in [-0.1, -0.05) is 32.9 Å². The molecule has 0 unspecified atom stereocenters. The highest BCUT2D eigenvalue weighted by atomic mass is 16.5. The molecule has 2 N–H and O–H groups in total. The van der Waals surface area contributed by atoms with Crippen LogP contribution in [-0.4, -0.2) is 32.7 Å². The fourth-order valence-electron chi connectivity index (χ4n) is 2.19. The van der Waals surface area contributed by atoms with Crippen molar-refractivity contribution in [2.24, 2.45) is 0 Å². The minimum absolute atomic E-state index is 0.0796. The molecule has 0 bridgehead atoms. The van der Waals surface area contributed by atoms with Gasteiger partial charge in [-0.25, -0.2) is 0 Å². The molecule has 0 fully saturated rings. The summed E-state index contributed by atoms with van der Waals surface area (Å²) in [4.78, 5) is 27.3. The normalized spacial score (nSPS) is 11.7. The second kappa shape index (κ2) is 7.91. The van der Waals surface area contributed by atoms with Crippen LogP contribution in [0.2, 0.25) is 0 Å². The number of hydrogen-bond donors (Lipinski definition) is 2. The standard InChI is InChI=1S/C15H25N3O4/c1-5-15(6-2,9-13(20)21)17-11(19)7-8-12-16-14(10(3)4)18-22-12/h10H,5-9H2,1-4H3,(H,17,19)(H,20,21). The molecule has 1 aromatic heterocycles. The van der Waals surface area contributed by atoms with Crippen molar-refractivity contribution >= 4 is 11.9 Å². The maximum absolute atomic E-state index is 12.1. The van der Waals surface area contributed by atoms with Gasteiger partial charge in [0.25, 0.3) is 0 Å². The largest absolute Gasteiger partial charge is 0.481 e. The maximum atomic E-state index is 12.1. The fraction of sp³-hybridized carbons (Fsp3) is 0.733. The molecule has 0 aliphatic rings. The van der Waals surface area contributed by atoms with E-state index in [2.05, 4.69) is 15.5 Å². The summed E-state index contributed by atoms with van der Waals surface area (Å²) in [6, 6.07) is 0. The molecule has 1 heterocycles. The van der Waals surface area contributed by atoms with E-state index in [1.54, 1.807) is 0 Å². The van der Waals surface area contributed by atoms with E-state index in [9.17, 15) is 9.59 Å². The highest BCUT2D eigenvalue weighted by Crippen LogP contribution is 2.20. The van der Waals surface area contributed by atoms with Gasteiger partial charge in [0, 0.05) is 24.3 Å². The first-order chi connectivity index (χ1) is 10.3. The van der Waals surface area contributed by atoms with Gasteiger partial charge in [0.1, 0.15) is 0 Å². The lowest BCUT2D eigenvalue weighted by molar-refractivity contribution is -0.139. The fourth-order valence-corrected chi connectivity index (χ4v) is 2.19. The van der Waals surface area contributed by atoms with E-state index >= 15 is 0 Å². The Kier molecular flexibility index (Phi) is 6.52. The van der Waals surface area contributed by atoms with Gasteiger partial charge in [-0.05, 0) is 12.8 Å². The molecule has 0 saturated carbocycles. The van der Waals surface area contributed by atoms with E-state index in [-0.39, 0.29) is 24.7 Å². The predicted octanol–water partition coefficient (Wildman–Crippen LogP) is 2.28.